The summed E-state index contributed by atoms with van der Waals surface area (Å²) in [6.45, 7) is 6.11. The van der Waals surface area contributed by atoms with Crippen LogP contribution in [0.4, 0.5) is 0 Å². The number of ether oxygens (including phenoxy) is 1. The average molecular weight is 215 g/mol. The molecule has 0 bridgehead atoms. The summed E-state index contributed by atoms with van der Waals surface area (Å²) in [6, 6.07) is 0. The van der Waals surface area contributed by atoms with Crippen LogP contribution in [0, 0.1) is 0 Å². The molecule has 0 aromatic carbocycles. The topological polar surface area (TPSA) is 38.3 Å². The van der Waals surface area contributed by atoms with Crippen LogP contribution in [0.2, 0.25) is 0 Å². The van der Waals surface area contributed by atoms with E-state index < -0.39 is 0 Å². The van der Waals surface area contributed by atoms with Crippen LogP contribution in [0.25, 0.3) is 0 Å². The standard InChI is InChI=1S/C12H25NO2/c1-3-5-7-8-9-13-11-12(14)15-10-6-4-2/h13H,3-11H2,1-2H3. The lowest BCUT2D eigenvalue weighted by atomic mass is 10.2. The van der Waals surface area contributed by atoms with Crippen molar-refractivity contribution in [3.05, 3.63) is 0 Å². The smallest absolute Gasteiger partial charge is 0.319 e. The van der Waals surface area contributed by atoms with Crippen molar-refractivity contribution < 1.29 is 9.53 Å². The van der Waals surface area contributed by atoms with Gasteiger partial charge in [-0.1, -0.05) is 39.5 Å². The Bertz CT molecular complexity index is 149. The van der Waals surface area contributed by atoms with Crippen LogP contribution < -0.4 is 5.32 Å². The number of esters is 1. The maximum absolute atomic E-state index is 11.1. The molecule has 0 aliphatic carbocycles. The zero-order valence-electron chi connectivity index (χ0n) is 10.2. The Morgan fingerprint density at radius 2 is 1.80 bits per heavy atom. The molecule has 0 aliphatic heterocycles. The van der Waals surface area contributed by atoms with Crippen LogP contribution in [0.3, 0.4) is 0 Å². The average Bonchev–Trinajstić information content (AvgIpc) is 2.23. The summed E-state index contributed by atoms with van der Waals surface area (Å²) < 4.78 is 5.01. The third kappa shape index (κ3) is 11.4. The summed E-state index contributed by atoms with van der Waals surface area (Å²) in [5.41, 5.74) is 0. The highest BCUT2D eigenvalue weighted by Gasteiger charge is 2.00. The predicted molar refractivity (Wildman–Crippen MR) is 62.9 cm³/mol. The molecule has 0 fully saturated rings. The van der Waals surface area contributed by atoms with Gasteiger partial charge in [-0.15, -0.1) is 0 Å². The zero-order valence-corrected chi connectivity index (χ0v) is 10.2. The van der Waals surface area contributed by atoms with Gasteiger partial charge in [0, 0.05) is 0 Å². The lowest BCUT2D eigenvalue weighted by Gasteiger charge is -2.05. The minimum absolute atomic E-state index is 0.126. The molecule has 0 aromatic rings. The van der Waals surface area contributed by atoms with Crippen LogP contribution in [-0.4, -0.2) is 25.7 Å². The van der Waals surface area contributed by atoms with Gasteiger partial charge in [0.15, 0.2) is 0 Å². The molecule has 0 amide bonds. The quantitative estimate of drug-likeness (QED) is 0.449. The van der Waals surface area contributed by atoms with Crippen molar-refractivity contribution in [1.29, 1.82) is 0 Å². The Hall–Kier alpha value is -0.570. The molecule has 0 rings (SSSR count). The van der Waals surface area contributed by atoms with E-state index in [1.807, 2.05) is 0 Å². The molecule has 0 aliphatic rings. The molecule has 0 spiro atoms. The molecular weight excluding hydrogens is 190 g/mol. The summed E-state index contributed by atoms with van der Waals surface area (Å²) in [6.07, 6.45) is 6.95. The molecule has 0 saturated heterocycles. The highest BCUT2D eigenvalue weighted by atomic mass is 16.5. The van der Waals surface area contributed by atoms with E-state index in [4.69, 9.17) is 4.74 Å². The van der Waals surface area contributed by atoms with Crippen LogP contribution in [0.15, 0.2) is 0 Å². The molecule has 1 N–H and O–H groups in total. The summed E-state index contributed by atoms with van der Waals surface area (Å²) in [7, 11) is 0. The second-order valence-electron chi connectivity index (χ2n) is 3.81. The molecule has 0 saturated carbocycles. The molecule has 3 heteroatoms. The number of carbonyl (C=O) groups is 1. The van der Waals surface area contributed by atoms with E-state index in [2.05, 4.69) is 19.2 Å². The van der Waals surface area contributed by atoms with Gasteiger partial charge in [-0.2, -0.15) is 0 Å². The number of unbranched alkanes of at least 4 members (excludes halogenated alkanes) is 4. The molecule has 0 heterocycles. The van der Waals surface area contributed by atoms with Crippen molar-refractivity contribution in [2.45, 2.75) is 52.4 Å². The lowest BCUT2D eigenvalue weighted by Crippen LogP contribution is -2.25. The third-order valence-electron chi connectivity index (χ3n) is 2.24. The SMILES string of the molecule is CCCCCCNCC(=O)OCCCC. The van der Waals surface area contributed by atoms with Gasteiger partial charge < -0.3 is 10.1 Å². The van der Waals surface area contributed by atoms with Crippen molar-refractivity contribution in [2.24, 2.45) is 0 Å². The maximum atomic E-state index is 11.1. The molecule has 0 aromatic heterocycles. The van der Waals surface area contributed by atoms with E-state index in [-0.39, 0.29) is 5.97 Å². The van der Waals surface area contributed by atoms with E-state index in [1.54, 1.807) is 0 Å². The monoisotopic (exact) mass is 215 g/mol. The third-order valence-corrected chi connectivity index (χ3v) is 2.24. The minimum atomic E-state index is -0.126. The normalized spacial score (nSPS) is 10.3. The summed E-state index contributed by atoms with van der Waals surface area (Å²) in [5, 5.41) is 3.10. The van der Waals surface area contributed by atoms with Gasteiger partial charge in [-0.05, 0) is 19.4 Å². The minimum Gasteiger partial charge on any atom is -0.465 e. The Labute approximate surface area is 93.6 Å². The van der Waals surface area contributed by atoms with Gasteiger partial charge >= 0.3 is 5.97 Å². The lowest BCUT2D eigenvalue weighted by molar-refractivity contribution is -0.142. The Morgan fingerprint density at radius 3 is 2.47 bits per heavy atom. The molecule has 0 radical (unpaired) electrons. The first-order valence-corrected chi connectivity index (χ1v) is 6.17. The van der Waals surface area contributed by atoms with Crippen molar-refractivity contribution >= 4 is 5.97 Å². The molecular formula is C12H25NO2. The highest BCUT2D eigenvalue weighted by molar-refractivity contribution is 5.71. The summed E-state index contributed by atoms with van der Waals surface area (Å²) >= 11 is 0. The molecule has 90 valence electrons. The number of carbonyl (C=O) groups excluding carboxylic acids is 1. The number of nitrogens with one attached hydrogen (secondary N) is 1. The molecule has 0 unspecified atom stereocenters. The van der Waals surface area contributed by atoms with Gasteiger partial charge in [0.05, 0.1) is 13.2 Å². The Kier molecular flexibility index (Phi) is 11.1. The highest BCUT2D eigenvalue weighted by Crippen LogP contribution is 1.96. The van der Waals surface area contributed by atoms with Gasteiger partial charge in [-0.3, -0.25) is 4.79 Å². The van der Waals surface area contributed by atoms with Crippen molar-refractivity contribution in [1.82, 2.24) is 5.32 Å². The van der Waals surface area contributed by atoms with Gasteiger partial charge in [0.2, 0.25) is 0 Å². The van der Waals surface area contributed by atoms with E-state index in [0.717, 1.165) is 25.8 Å². The molecule has 15 heavy (non-hydrogen) atoms. The Morgan fingerprint density at radius 1 is 1.07 bits per heavy atom. The van der Waals surface area contributed by atoms with E-state index >= 15 is 0 Å². The fourth-order valence-electron chi connectivity index (χ4n) is 1.25. The van der Waals surface area contributed by atoms with Crippen molar-refractivity contribution in [2.75, 3.05) is 19.7 Å². The van der Waals surface area contributed by atoms with Crippen LogP contribution in [0.5, 0.6) is 0 Å². The number of rotatable bonds is 10. The first-order chi connectivity index (χ1) is 7.31. The van der Waals surface area contributed by atoms with E-state index in [1.165, 1.54) is 19.3 Å². The fourth-order valence-corrected chi connectivity index (χ4v) is 1.25. The van der Waals surface area contributed by atoms with Crippen LogP contribution in [0.1, 0.15) is 52.4 Å². The first-order valence-electron chi connectivity index (χ1n) is 6.17. The van der Waals surface area contributed by atoms with Crippen molar-refractivity contribution in [3.8, 4) is 0 Å². The summed E-state index contributed by atoms with van der Waals surface area (Å²) in [5.74, 6) is -0.126. The summed E-state index contributed by atoms with van der Waals surface area (Å²) in [4.78, 5) is 11.1. The predicted octanol–water partition coefficient (Wildman–Crippen LogP) is 2.50. The van der Waals surface area contributed by atoms with Gasteiger partial charge in [0.25, 0.3) is 0 Å². The molecule has 3 nitrogen and oxygen atoms in total. The first kappa shape index (κ1) is 14.4. The number of hydrogen-bond donors (Lipinski definition) is 1. The van der Waals surface area contributed by atoms with Crippen LogP contribution in [-0.2, 0) is 9.53 Å². The van der Waals surface area contributed by atoms with Crippen LogP contribution >= 0.6 is 0 Å². The fraction of sp³-hybridized carbons (Fsp3) is 0.917. The van der Waals surface area contributed by atoms with E-state index in [0.29, 0.717) is 13.2 Å². The zero-order chi connectivity index (χ0) is 11.4. The van der Waals surface area contributed by atoms with Crippen molar-refractivity contribution in [3.63, 3.8) is 0 Å². The maximum Gasteiger partial charge on any atom is 0.319 e. The van der Waals surface area contributed by atoms with E-state index in [9.17, 15) is 4.79 Å². The van der Waals surface area contributed by atoms with Gasteiger partial charge in [0.1, 0.15) is 0 Å². The second kappa shape index (κ2) is 11.5. The molecule has 0 atom stereocenters. The second-order valence-corrected chi connectivity index (χ2v) is 3.81. The Balaban J connectivity index is 3.10. The van der Waals surface area contributed by atoms with Gasteiger partial charge in [-0.25, -0.2) is 0 Å². The largest absolute Gasteiger partial charge is 0.465 e. The number of hydrogen-bond acceptors (Lipinski definition) is 3.